The summed E-state index contributed by atoms with van der Waals surface area (Å²) < 4.78 is 0. The Morgan fingerprint density at radius 1 is 1.25 bits per heavy atom. The average Bonchev–Trinajstić information content (AvgIpc) is 2.03. The zero-order chi connectivity index (χ0) is 8.97. The average molecular weight is 164 g/mol. The second-order valence-corrected chi connectivity index (χ2v) is 3.45. The van der Waals surface area contributed by atoms with Crippen molar-refractivity contribution in [1.82, 2.24) is 9.97 Å². The number of rotatable bonds is 3. The Morgan fingerprint density at radius 3 is 2.50 bits per heavy atom. The van der Waals surface area contributed by atoms with Gasteiger partial charge in [0, 0.05) is 11.4 Å². The van der Waals surface area contributed by atoms with Crippen LogP contribution in [-0.2, 0) is 12.8 Å². The summed E-state index contributed by atoms with van der Waals surface area (Å²) in [6, 6.07) is 2.10. The van der Waals surface area contributed by atoms with Gasteiger partial charge in [-0.25, -0.2) is 9.97 Å². The molecule has 0 aliphatic heterocycles. The Balaban J connectivity index is 2.72. The summed E-state index contributed by atoms with van der Waals surface area (Å²) in [5.74, 6) is 0.671. The predicted octanol–water partition coefficient (Wildman–Crippen LogP) is 2.24. The highest BCUT2D eigenvalue weighted by Crippen LogP contribution is 2.05. The smallest absolute Gasteiger partial charge is 0.115 e. The van der Waals surface area contributed by atoms with Crippen molar-refractivity contribution < 1.29 is 0 Å². The molecule has 1 heterocycles. The van der Waals surface area contributed by atoms with Crippen LogP contribution in [0.2, 0.25) is 0 Å². The normalized spacial score (nSPS) is 10.7. The topological polar surface area (TPSA) is 25.8 Å². The maximum Gasteiger partial charge on any atom is 0.115 e. The van der Waals surface area contributed by atoms with E-state index in [0.29, 0.717) is 5.92 Å². The van der Waals surface area contributed by atoms with Gasteiger partial charge in [-0.3, -0.25) is 0 Å². The summed E-state index contributed by atoms with van der Waals surface area (Å²) in [6.07, 6.45) is 3.71. The van der Waals surface area contributed by atoms with Gasteiger partial charge in [-0.05, 0) is 24.8 Å². The first kappa shape index (κ1) is 9.17. The summed E-state index contributed by atoms with van der Waals surface area (Å²) in [5.41, 5.74) is 2.30. The molecule has 0 spiro atoms. The Bertz CT molecular complexity index is 243. The molecule has 1 aromatic heterocycles. The molecule has 0 bridgehead atoms. The predicted molar refractivity (Wildman–Crippen MR) is 50.0 cm³/mol. The Hall–Kier alpha value is -0.920. The van der Waals surface area contributed by atoms with E-state index in [4.69, 9.17) is 0 Å². The standard InChI is InChI=1S/C10H16N2/c1-4-9-6-10(5-8(2)3)12-7-11-9/h6-8H,4-5H2,1-3H3. The van der Waals surface area contributed by atoms with Crippen LogP contribution in [0.5, 0.6) is 0 Å². The van der Waals surface area contributed by atoms with E-state index >= 15 is 0 Å². The highest BCUT2D eigenvalue weighted by molar-refractivity contribution is 5.08. The van der Waals surface area contributed by atoms with E-state index in [-0.39, 0.29) is 0 Å². The molecule has 12 heavy (non-hydrogen) atoms. The van der Waals surface area contributed by atoms with E-state index in [1.165, 1.54) is 0 Å². The van der Waals surface area contributed by atoms with Crippen molar-refractivity contribution in [1.29, 1.82) is 0 Å². The quantitative estimate of drug-likeness (QED) is 0.684. The van der Waals surface area contributed by atoms with Gasteiger partial charge in [0.2, 0.25) is 0 Å². The summed E-state index contributed by atoms with van der Waals surface area (Å²) in [7, 11) is 0. The zero-order valence-electron chi connectivity index (χ0n) is 8.04. The number of nitrogens with zero attached hydrogens (tertiary/aromatic N) is 2. The van der Waals surface area contributed by atoms with E-state index in [1.54, 1.807) is 6.33 Å². The third-order valence-electron chi connectivity index (χ3n) is 1.76. The zero-order valence-corrected chi connectivity index (χ0v) is 8.04. The molecule has 0 saturated carbocycles. The molecule has 2 nitrogen and oxygen atoms in total. The minimum Gasteiger partial charge on any atom is -0.241 e. The fraction of sp³-hybridized carbons (Fsp3) is 0.600. The van der Waals surface area contributed by atoms with Crippen LogP contribution in [0.1, 0.15) is 32.2 Å². The third kappa shape index (κ3) is 2.61. The third-order valence-corrected chi connectivity index (χ3v) is 1.76. The minimum atomic E-state index is 0.671. The van der Waals surface area contributed by atoms with Gasteiger partial charge in [0.25, 0.3) is 0 Å². The lowest BCUT2D eigenvalue weighted by atomic mass is 10.1. The molecule has 0 aliphatic carbocycles. The van der Waals surface area contributed by atoms with Gasteiger partial charge < -0.3 is 0 Å². The van der Waals surface area contributed by atoms with Crippen molar-refractivity contribution in [2.24, 2.45) is 5.92 Å². The van der Waals surface area contributed by atoms with Crippen molar-refractivity contribution in [2.45, 2.75) is 33.6 Å². The maximum atomic E-state index is 4.22. The van der Waals surface area contributed by atoms with Crippen molar-refractivity contribution in [2.75, 3.05) is 0 Å². The lowest BCUT2D eigenvalue weighted by molar-refractivity contribution is 0.632. The van der Waals surface area contributed by atoms with Gasteiger partial charge in [-0.2, -0.15) is 0 Å². The second kappa shape index (κ2) is 4.19. The molecule has 0 N–H and O–H groups in total. The summed E-state index contributed by atoms with van der Waals surface area (Å²) in [5, 5.41) is 0. The largest absolute Gasteiger partial charge is 0.241 e. The Labute approximate surface area is 74.1 Å². The molecule has 0 aromatic carbocycles. The van der Waals surface area contributed by atoms with Crippen LogP contribution in [0.15, 0.2) is 12.4 Å². The maximum absolute atomic E-state index is 4.22. The van der Waals surface area contributed by atoms with E-state index in [0.717, 1.165) is 24.2 Å². The van der Waals surface area contributed by atoms with Gasteiger partial charge in [0.15, 0.2) is 0 Å². The van der Waals surface area contributed by atoms with Crippen LogP contribution in [0.25, 0.3) is 0 Å². The van der Waals surface area contributed by atoms with Crippen LogP contribution in [0.3, 0.4) is 0 Å². The number of aryl methyl sites for hydroxylation is 1. The Morgan fingerprint density at radius 2 is 1.92 bits per heavy atom. The summed E-state index contributed by atoms with van der Waals surface area (Å²) >= 11 is 0. The van der Waals surface area contributed by atoms with Crippen molar-refractivity contribution in [3.05, 3.63) is 23.8 Å². The van der Waals surface area contributed by atoms with Gasteiger partial charge in [-0.1, -0.05) is 20.8 Å². The summed E-state index contributed by atoms with van der Waals surface area (Å²) in [6.45, 7) is 6.52. The molecular formula is C10H16N2. The van der Waals surface area contributed by atoms with E-state index in [1.807, 2.05) is 0 Å². The van der Waals surface area contributed by atoms with Crippen molar-refractivity contribution >= 4 is 0 Å². The molecule has 0 fully saturated rings. The van der Waals surface area contributed by atoms with Gasteiger partial charge in [0.1, 0.15) is 6.33 Å². The molecule has 0 atom stereocenters. The molecule has 0 unspecified atom stereocenters. The molecular weight excluding hydrogens is 148 g/mol. The molecule has 2 heteroatoms. The molecule has 0 radical (unpaired) electrons. The van der Waals surface area contributed by atoms with Crippen molar-refractivity contribution in [3.63, 3.8) is 0 Å². The lowest BCUT2D eigenvalue weighted by Gasteiger charge is -2.04. The Kier molecular flexibility index (Phi) is 3.20. The van der Waals surface area contributed by atoms with E-state index < -0.39 is 0 Å². The second-order valence-electron chi connectivity index (χ2n) is 3.45. The number of hydrogen-bond donors (Lipinski definition) is 0. The van der Waals surface area contributed by atoms with Crippen LogP contribution < -0.4 is 0 Å². The molecule has 1 rings (SSSR count). The van der Waals surface area contributed by atoms with Crippen LogP contribution in [-0.4, -0.2) is 9.97 Å². The fourth-order valence-electron chi connectivity index (χ4n) is 1.17. The van der Waals surface area contributed by atoms with Crippen LogP contribution >= 0.6 is 0 Å². The molecule has 66 valence electrons. The highest BCUT2D eigenvalue weighted by Gasteiger charge is 1.99. The molecule has 0 aliphatic rings. The van der Waals surface area contributed by atoms with Gasteiger partial charge in [-0.15, -0.1) is 0 Å². The van der Waals surface area contributed by atoms with Crippen molar-refractivity contribution in [3.8, 4) is 0 Å². The molecule has 1 aromatic rings. The highest BCUT2D eigenvalue weighted by atomic mass is 14.8. The lowest BCUT2D eigenvalue weighted by Crippen LogP contribution is -1.99. The molecule has 0 saturated heterocycles. The summed E-state index contributed by atoms with van der Waals surface area (Å²) in [4.78, 5) is 8.37. The van der Waals surface area contributed by atoms with Gasteiger partial charge in [0.05, 0.1) is 0 Å². The number of aromatic nitrogens is 2. The van der Waals surface area contributed by atoms with Gasteiger partial charge >= 0.3 is 0 Å². The SMILES string of the molecule is CCc1cc(CC(C)C)ncn1. The number of hydrogen-bond acceptors (Lipinski definition) is 2. The first-order valence-corrected chi connectivity index (χ1v) is 4.52. The first-order chi connectivity index (χ1) is 5.72. The fourth-order valence-corrected chi connectivity index (χ4v) is 1.17. The van der Waals surface area contributed by atoms with Crippen LogP contribution in [0.4, 0.5) is 0 Å². The van der Waals surface area contributed by atoms with Crippen LogP contribution in [0, 0.1) is 5.92 Å². The monoisotopic (exact) mass is 164 g/mol. The van der Waals surface area contributed by atoms with E-state index in [2.05, 4.69) is 36.8 Å². The molecule has 0 amide bonds. The first-order valence-electron chi connectivity index (χ1n) is 4.52. The minimum absolute atomic E-state index is 0.671. The van der Waals surface area contributed by atoms with E-state index in [9.17, 15) is 0 Å².